The maximum absolute atomic E-state index is 12.5. The monoisotopic (exact) mass is 420 g/mol. The van der Waals surface area contributed by atoms with Gasteiger partial charge in [0.1, 0.15) is 11.0 Å². The molecular weight excluding hydrogens is 396 g/mol. The third kappa shape index (κ3) is 5.80. The largest absolute Gasteiger partial charge is 0.336 e. The summed E-state index contributed by atoms with van der Waals surface area (Å²) in [5, 5.41) is 3.19. The minimum absolute atomic E-state index is 0.128. The molecule has 6 heteroatoms. The Morgan fingerprint density at radius 3 is 2.50 bits per heavy atom. The lowest BCUT2D eigenvalue weighted by molar-refractivity contribution is -0.115. The number of amides is 1. The highest BCUT2D eigenvalue weighted by molar-refractivity contribution is 6.29. The average Bonchev–Trinajstić information content (AvgIpc) is 3.54. The van der Waals surface area contributed by atoms with Gasteiger partial charge in [0.2, 0.25) is 11.9 Å². The van der Waals surface area contributed by atoms with Gasteiger partial charge in [-0.2, -0.15) is 4.98 Å². The van der Waals surface area contributed by atoms with Gasteiger partial charge in [-0.3, -0.25) is 4.79 Å². The van der Waals surface area contributed by atoms with Crippen LogP contribution in [0.25, 0.3) is 0 Å². The molecule has 1 heterocycles. The summed E-state index contributed by atoms with van der Waals surface area (Å²) in [5.41, 5.74) is 3.31. The second-order valence-electron chi connectivity index (χ2n) is 7.90. The van der Waals surface area contributed by atoms with E-state index in [9.17, 15) is 4.79 Å². The summed E-state index contributed by atoms with van der Waals surface area (Å²) in [6, 6.07) is 19.8. The van der Waals surface area contributed by atoms with E-state index in [2.05, 4.69) is 32.3 Å². The summed E-state index contributed by atoms with van der Waals surface area (Å²) < 4.78 is 0. The zero-order valence-corrected chi connectivity index (χ0v) is 17.8. The summed E-state index contributed by atoms with van der Waals surface area (Å²) >= 11 is 6.28. The van der Waals surface area contributed by atoms with Gasteiger partial charge in [0, 0.05) is 19.2 Å². The second kappa shape index (κ2) is 9.26. The van der Waals surface area contributed by atoms with Gasteiger partial charge in [-0.05, 0) is 36.8 Å². The number of anilines is 2. The van der Waals surface area contributed by atoms with E-state index in [1.807, 2.05) is 49.4 Å². The zero-order chi connectivity index (χ0) is 20.9. The highest BCUT2D eigenvalue weighted by Gasteiger charge is 2.26. The first-order chi connectivity index (χ1) is 14.5. The van der Waals surface area contributed by atoms with Crippen molar-refractivity contribution < 1.29 is 4.79 Å². The lowest BCUT2D eigenvalue weighted by Gasteiger charge is -2.23. The Morgan fingerprint density at radius 1 is 1.07 bits per heavy atom. The quantitative estimate of drug-likeness (QED) is 0.519. The van der Waals surface area contributed by atoms with E-state index in [4.69, 9.17) is 11.6 Å². The predicted molar refractivity (Wildman–Crippen MR) is 121 cm³/mol. The van der Waals surface area contributed by atoms with Crippen LogP contribution < -0.4 is 10.2 Å². The molecule has 0 bridgehead atoms. The molecule has 1 fully saturated rings. The van der Waals surface area contributed by atoms with Crippen molar-refractivity contribution in [3.63, 3.8) is 0 Å². The molecule has 0 unspecified atom stereocenters. The van der Waals surface area contributed by atoms with E-state index < -0.39 is 0 Å². The molecule has 1 amide bonds. The molecule has 0 aliphatic heterocycles. The van der Waals surface area contributed by atoms with Gasteiger partial charge in [0.25, 0.3) is 0 Å². The van der Waals surface area contributed by atoms with Crippen molar-refractivity contribution in [2.75, 3.05) is 16.8 Å². The number of benzene rings is 2. The molecule has 4 rings (SSSR count). The van der Waals surface area contributed by atoms with Crippen LogP contribution in [-0.4, -0.2) is 22.4 Å². The highest BCUT2D eigenvalue weighted by atomic mass is 35.5. The van der Waals surface area contributed by atoms with E-state index in [-0.39, 0.29) is 12.3 Å². The Hall–Kier alpha value is -2.92. The fourth-order valence-electron chi connectivity index (χ4n) is 3.32. The molecular formula is C24H25ClN4O. The Kier molecular flexibility index (Phi) is 6.29. The van der Waals surface area contributed by atoms with Crippen molar-refractivity contribution in [3.05, 3.63) is 82.5 Å². The maximum Gasteiger partial charge on any atom is 0.229 e. The fourth-order valence-corrected chi connectivity index (χ4v) is 3.50. The molecule has 2 aromatic carbocycles. The van der Waals surface area contributed by atoms with Crippen LogP contribution in [0.15, 0.2) is 60.7 Å². The van der Waals surface area contributed by atoms with Crippen LogP contribution in [0.1, 0.15) is 29.5 Å². The molecule has 154 valence electrons. The van der Waals surface area contributed by atoms with Crippen LogP contribution in [0.2, 0.25) is 5.15 Å². The molecule has 1 saturated carbocycles. The van der Waals surface area contributed by atoms with Gasteiger partial charge >= 0.3 is 0 Å². The van der Waals surface area contributed by atoms with Crippen molar-refractivity contribution in [2.24, 2.45) is 5.92 Å². The molecule has 30 heavy (non-hydrogen) atoms. The van der Waals surface area contributed by atoms with E-state index in [1.54, 1.807) is 6.07 Å². The first-order valence-corrected chi connectivity index (χ1v) is 10.6. The van der Waals surface area contributed by atoms with Crippen LogP contribution in [0, 0.1) is 12.8 Å². The smallest absolute Gasteiger partial charge is 0.229 e. The molecule has 1 aliphatic rings. The Bertz CT molecular complexity index is 1000. The van der Waals surface area contributed by atoms with Crippen LogP contribution in [0.5, 0.6) is 0 Å². The molecule has 5 nitrogen and oxygen atoms in total. The summed E-state index contributed by atoms with van der Waals surface area (Å²) in [4.78, 5) is 23.7. The van der Waals surface area contributed by atoms with Gasteiger partial charge in [-0.15, -0.1) is 0 Å². The SMILES string of the molecule is Cc1ccc(CC(=O)Nc2cc(Cl)nc(N(Cc3ccccc3)CC3CC3)n2)cc1. The van der Waals surface area contributed by atoms with Crippen LogP contribution in [0.3, 0.4) is 0 Å². The molecule has 0 atom stereocenters. The zero-order valence-electron chi connectivity index (χ0n) is 17.0. The number of carbonyl (C=O) groups is 1. The Labute approximate surface area is 182 Å². The fraction of sp³-hybridized carbons (Fsp3) is 0.292. The first-order valence-electron chi connectivity index (χ1n) is 10.2. The Balaban J connectivity index is 1.50. The summed E-state index contributed by atoms with van der Waals surface area (Å²) in [7, 11) is 0. The third-order valence-electron chi connectivity index (χ3n) is 5.11. The number of nitrogens with zero attached hydrogens (tertiary/aromatic N) is 3. The maximum atomic E-state index is 12.5. The standard InChI is InChI=1S/C24H25ClN4O/c1-17-7-9-18(10-8-17)13-23(30)27-22-14-21(25)26-24(28-22)29(16-20-11-12-20)15-19-5-3-2-4-6-19/h2-10,14,20H,11-13,15-16H2,1H3,(H,26,27,28,30). The van der Waals surface area contributed by atoms with Crippen LogP contribution >= 0.6 is 11.6 Å². The normalized spacial score (nSPS) is 13.1. The number of halogens is 1. The molecule has 0 radical (unpaired) electrons. The molecule has 0 saturated heterocycles. The van der Waals surface area contributed by atoms with E-state index in [0.717, 1.165) is 12.1 Å². The second-order valence-corrected chi connectivity index (χ2v) is 8.28. The number of carbonyl (C=O) groups excluding carboxylic acids is 1. The van der Waals surface area contributed by atoms with Gasteiger partial charge in [-0.1, -0.05) is 71.8 Å². The minimum Gasteiger partial charge on any atom is -0.336 e. The van der Waals surface area contributed by atoms with Crippen LogP contribution in [0.4, 0.5) is 11.8 Å². The van der Waals surface area contributed by atoms with Gasteiger partial charge < -0.3 is 10.2 Å². The van der Waals surface area contributed by atoms with Crippen molar-refractivity contribution >= 4 is 29.3 Å². The summed E-state index contributed by atoms with van der Waals surface area (Å²) in [5.74, 6) is 1.51. The van der Waals surface area contributed by atoms with Gasteiger partial charge in [0.15, 0.2) is 0 Å². The number of rotatable bonds is 8. The summed E-state index contributed by atoms with van der Waals surface area (Å²) in [6.07, 6.45) is 2.74. The molecule has 0 spiro atoms. The third-order valence-corrected chi connectivity index (χ3v) is 5.30. The van der Waals surface area contributed by atoms with Crippen LogP contribution in [-0.2, 0) is 17.8 Å². The lowest BCUT2D eigenvalue weighted by atomic mass is 10.1. The Morgan fingerprint density at radius 2 is 1.80 bits per heavy atom. The average molecular weight is 421 g/mol. The number of hydrogen-bond donors (Lipinski definition) is 1. The first kappa shape index (κ1) is 20.4. The number of nitrogens with one attached hydrogen (secondary N) is 1. The van der Waals surface area contributed by atoms with Gasteiger partial charge in [-0.25, -0.2) is 4.98 Å². The number of aryl methyl sites for hydroxylation is 1. The lowest BCUT2D eigenvalue weighted by Crippen LogP contribution is -2.27. The van der Waals surface area contributed by atoms with E-state index in [1.165, 1.54) is 24.0 Å². The van der Waals surface area contributed by atoms with Crippen molar-refractivity contribution in [1.29, 1.82) is 0 Å². The molecule has 1 N–H and O–H groups in total. The number of hydrogen-bond acceptors (Lipinski definition) is 4. The number of aromatic nitrogens is 2. The van der Waals surface area contributed by atoms with Crippen molar-refractivity contribution in [1.82, 2.24) is 9.97 Å². The molecule has 3 aromatic rings. The molecule has 1 aromatic heterocycles. The van der Waals surface area contributed by atoms with E-state index >= 15 is 0 Å². The van der Waals surface area contributed by atoms with Crippen molar-refractivity contribution in [2.45, 2.75) is 32.7 Å². The molecule has 1 aliphatic carbocycles. The topological polar surface area (TPSA) is 58.1 Å². The van der Waals surface area contributed by atoms with Crippen molar-refractivity contribution in [3.8, 4) is 0 Å². The van der Waals surface area contributed by atoms with E-state index in [0.29, 0.717) is 29.4 Å². The predicted octanol–water partition coefficient (Wildman–Crippen LogP) is 5.04. The minimum atomic E-state index is -0.128. The van der Waals surface area contributed by atoms with Gasteiger partial charge in [0.05, 0.1) is 6.42 Å². The highest BCUT2D eigenvalue weighted by Crippen LogP contribution is 2.32. The summed E-state index contributed by atoms with van der Waals surface area (Å²) in [6.45, 7) is 3.61.